The van der Waals surface area contributed by atoms with Gasteiger partial charge in [-0.15, -0.1) is 0 Å². The number of hydrogen-bond donors (Lipinski definition) is 0. The van der Waals surface area contributed by atoms with Crippen LogP contribution in [0.3, 0.4) is 0 Å². The summed E-state index contributed by atoms with van der Waals surface area (Å²) in [6, 6.07) is 31.1. The summed E-state index contributed by atoms with van der Waals surface area (Å²) in [5, 5.41) is 0. The van der Waals surface area contributed by atoms with Crippen molar-refractivity contribution in [2.24, 2.45) is 0 Å². The van der Waals surface area contributed by atoms with Crippen LogP contribution in [0.2, 0.25) is 0 Å². The zero-order chi connectivity index (χ0) is 32.2. The molecule has 8 nitrogen and oxygen atoms in total. The van der Waals surface area contributed by atoms with Crippen LogP contribution in [0.5, 0.6) is 0 Å². The van der Waals surface area contributed by atoms with Crippen molar-refractivity contribution in [3.63, 3.8) is 0 Å². The lowest BCUT2D eigenvalue weighted by atomic mass is 9.80. The molecular formula is C38H54O8. The number of hydrogen-bond acceptors (Lipinski definition) is 8. The monoisotopic (exact) mass is 638 g/mol. The van der Waals surface area contributed by atoms with Crippen molar-refractivity contribution in [1.29, 1.82) is 0 Å². The minimum atomic E-state index is -0.741. The van der Waals surface area contributed by atoms with Gasteiger partial charge in [-0.3, -0.25) is 0 Å². The van der Waals surface area contributed by atoms with Crippen LogP contribution < -0.4 is 0 Å². The smallest absolute Gasteiger partial charge is 0.143 e. The molecule has 0 spiro atoms. The number of benzene rings is 3. The summed E-state index contributed by atoms with van der Waals surface area (Å²) < 4.78 is 45.8. The highest BCUT2D eigenvalue weighted by atomic mass is 16.6. The molecule has 254 valence electrons. The average Bonchev–Trinajstić information content (AvgIpc) is 3.11. The fourth-order valence-electron chi connectivity index (χ4n) is 4.90. The van der Waals surface area contributed by atoms with Crippen molar-refractivity contribution in [2.75, 3.05) is 99.1 Å². The number of rotatable bonds is 29. The highest BCUT2D eigenvalue weighted by Crippen LogP contribution is 2.40. The highest BCUT2D eigenvalue weighted by molar-refractivity contribution is 5.47. The van der Waals surface area contributed by atoms with E-state index in [0.717, 1.165) is 29.7 Å². The van der Waals surface area contributed by atoms with Gasteiger partial charge in [-0.25, -0.2) is 0 Å². The standard InChI is InChI=1S/C38H54O8/c1-2-3-13-20-39-21-22-40-23-24-41-25-26-42-27-28-43-29-30-44-31-32-45-33-34-46-38(35-14-7-4-8-15-35,36-16-9-5-10-17-36)37-18-11-6-12-19-37/h4-12,14-19H,2-3,13,20-34H2,1H3. The van der Waals surface area contributed by atoms with Crippen molar-refractivity contribution < 1.29 is 37.9 Å². The molecule has 3 aromatic carbocycles. The Kier molecular flexibility index (Phi) is 20.9. The van der Waals surface area contributed by atoms with Gasteiger partial charge in [-0.1, -0.05) is 111 Å². The van der Waals surface area contributed by atoms with Crippen molar-refractivity contribution >= 4 is 0 Å². The van der Waals surface area contributed by atoms with Gasteiger partial charge in [0.1, 0.15) is 5.60 Å². The average molecular weight is 639 g/mol. The van der Waals surface area contributed by atoms with Gasteiger partial charge < -0.3 is 37.9 Å². The van der Waals surface area contributed by atoms with E-state index in [9.17, 15) is 0 Å². The number of unbranched alkanes of at least 4 members (excludes halogenated alkanes) is 2. The quantitative estimate of drug-likeness (QED) is 0.0648. The lowest BCUT2D eigenvalue weighted by molar-refractivity contribution is -0.0397. The van der Waals surface area contributed by atoms with E-state index in [1.807, 2.05) is 54.6 Å². The van der Waals surface area contributed by atoms with E-state index in [2.05, 4.69) is 43.3 Å². The van der Waals surface area contributed by atoms with Gasteiger partial charge in [0.15, 0.2) is 0 Å². The van der Waals surface area contributed by atoms with Gasteiger partial charge in [0.25, 0.3) is 0 Å². The molecule has 46 heavy (non-hydrogen) atoms. The largest absolute Gasteiger partial charge is 0.379 e. The molecule has 0 bridgehead atoms. The van der Waals surface area contributed by atoms with Crippen molar-refractivity contribution in [3.05, 3.63) is 108 Å². The van der Waals surface area contributed by atoms with Crippen molar-refractivity contribution in [3.8, 4) is 0 Å². The molecule has 0 heterocycles. The minimum absolute atomic E-state index is 0.426. The van der Waals surface area contributed by atoms with Crippen LogP contribution in [0.25, 0.3) is 0 Å². The first-order chi connectivity index (χ1) is 22.9. The SMILES string of the molecule is CCCCCOCCOCCOCCOCCOCCOCCOCCOC(c1ccccc1)(c1ccccc1)c1ccccc1. The number of ether oxygens (including phenoxy) is 8. The third-order valence-electron chi connectivity index (χ3n) is 7.21. The second-order valence-electron chi connectivity index (χ2n) is 10.6. The molecule has 0 aromatic heterocycles. The predicted octanol–water partition coefficient (Wildman–Crippen LogP) is 6.30. The summed E-state index contributed by atoms with van der Waals surface area (Å²) in [7, 11) is 0. The summed E-state index contributed by atoms with van der Waals surface area (Å²) in [6.45, 7) is 10.4. The molecule has 3 rings (SSSR count). The Balaban J connectivity index is 1.17. The summed E-state index contributed by atoms with van der Waals surface area (Å²) in [6.07, 6.45) is 3.55. The first-order valence-corrected chi connectivity index (χ1v) is 16.7. The molecule has 3 aromatic rings. The van der Waals surface area contributed by atoms with E-state index in [0.29, 0.717) is 92.5 Å². The molecular weight excluding hydrogens is 584 g/mol. The van der Waals surface area contributed by atoms with Crippen LogP contribution in [0, 0.1) is 0 Å². The van der Waals surface area contributed by atoms with Crippen LogP contribution in [0.1, 0.15) is 42.9 Å². The Hall–Kier alpha value is -2.66. The predicted molar refractivity (Wildman–Crippen MR) is 180 cm³/mol. The Bertz CT molecular complexity index is 987. The van der Waals surface area contributed by atoms with E-state index >= 15 is 0 Å². The van der Waals surface area contributed by atoms with Crippen LogP contribution >= 0.6 is 0 Å². The molecule has 0 radical (unpaired) electrons. The van der Waals surface area contributed by atoms with E-state index < -0.39 is 5.60 Å². The second kappa shape index (κ2) is 25.4. The van der Waals surface area contributed by atoms with Gasteiger partial charge in [0, 0.05) is 6.61 Å². The van der Waals surface area contributed by atoms with Crippen molar-refractivity contribution in [1.82, 2.24) is 0 Å². The Morgan fingerprint density at radius 1 is 0.348 bits per heavy atom. The summed E-state index contributed by atoms with van der Waals surface area (Å²) in [5.74, 6) is 0. The Labute approximate surface area is 276 Å². The third kappa shape index (κ3) is 14.8. The lowest BCUT2D eigenvalue weighted by Gasteiger charge is -2.36. The molecule has 0 aliphatic carbocycles. The van der Waals surface area contributed by atoms with Gasteiger partial charge in [0.05, 0.1) is 92.5 Å². The van der Waals surface area contributed by atoms with Gasteiger partial charge >= 0.3 is 0 Å². The summed E-state index contributed by atoms with van der Waals surface area (Å²) >= 11 is 0. The molecule has 8 heteroatoms. The maximum atomic E-state index is 6.72. The molecule has 0 unspecified atom stereocenters. The van der Waals surface area contributed by atoms with Crippen molar-refractivity contribution in [2.45, 2.75) is 31.8 Å². The van der Waals surface area contributed by atoms with Gasteiger partial charge in [-0.05, 0) is 23.1 Å². The zero-order valence-corrected chi connectivity index (χ0v) is 27.7. The maximum absolute atomic E-state index is 6.72. The molecule has 0 saturated heterocycles. The zero-order valence-electron chi connectivity index (χ0n) is 27.7. The normalized spacial score (nSPS) is 11.7. The summed E-state index contributed by atoms with van der Waals surface area (Å²) in [5.41, 5.74) is 2.48. The molecule has 0 amide bonds. The minimum Gasteiger partial charge on any atom is -0.379 e. The second-order valence-corrected chi connectivity index (χ2v) is 10.6. The van der Waals surface area contributed by atoms with E-state index in [4.69, 9.17) is 37.9 Å². The van der Waals surface area contributed by atoms with Gasteiger partial charge in [0.2, 0.25) is 0 Å². The molecule has 0 saturated carbocycles. The molecule has 0 N–H and O–H groups in total. The van der Waals surface area contributed by atoms with Gasteiger partial charge in [-0.2, -0.15) is 0 Å². The molecule has 0 aliphatic rings. The van der Waals surface area contributed by atoms with Crippen LogP contribution in [0.15, 0.2) is 91.0 Å². The maximum Gasteiger partial charge on any atom is 0.143 e. The van der Waals surface area contributed by atoms with Crippen LogP contribution in [-0.4, -0.2) is 99.1 Å². The fraction of sp³-hybridized carbons (Fsp3) is 0.526. The first-order valence-electron chi connectivity index (χ1n) is 16.7. The van der Waals surface area contributed by atoms with E-state index in [-0.39, 0.29) is 0 Å². The van der Waals surface area contributed by atoms with E-state index in [1.54, 1.807) is 0 Å². The lowest BCUT2D eigenvalue weighted by Crippen LogP contribution is -2.34. The fourth-order valence-corrected chi connectivity index (χ4v) is 4.90. The Morgan fingerprint density at radius 3 is 0.935 bits per heavy atom. The summed E-state index contributed by atoms with van der Waals surface area (Å²) in [4.78, 5) is 0. The van der Waals surface area contributed by atoms with Crippen LogP contribution in [-0.2, 0) is 43.5 Å². The molecule has 0 aliphatic heterocycles. The molecule has 0 fully saturated rings. The highest BCUT2D eigenvalue weighted by Gasteiger charge is 2.37. The topological polar surface area (TPSA) is 73.8 Å². The third-order valence-corrected chi connectivity index (χ3v) is 7.21. The Morgan fingerprint density at radius 2 is 0.630 bits per heavy atom. The van der Waals surface area contributed by atoms with E-state index in [1.165, 1.54) is 12.8 Å². The molecule has 0 atom stereocenters. The van der Waals surface area contributed by atoms with Crippen LogP contribution in [0.4, 0.5) is 0 Å². The first kappa shape index (κ1) is 37.8.